The summed E-state index contributed by atoms with van der Waals surface area (Å²) in [5.41, 5.74) is 3.82. The lowest BCUT2D eigenvalue weighted by Crippen LogP contribution is -2.12. The van der Waals surface area contributed by atoms with E-state index in [4.69, 9.17) is 4.78 Å². The Morgan fingerprint density at radius 1 is 1.26 bits per heavy atom. The summed E-state index contributed by atoms with van der Waals surface area (Å²) in [5.74, 6) is -0.244. The maximum Gasteiger partial charge on any atom is 0.265 e. The smallest absolute Gasteiger partial charge is 0.265 e. The quantitative estimate of drug-likeness (QED) is 0.487. The number of carbonyl (C=O) groups excluding carboxylic acids is 1. The highest BCUT2D eigenvalue weighted by Crippen LogP contribution is 2.28. The number of rotatable bonds is 5. The van der Waals surface area contributed by atoms with Crippen molar-refractivity contribution in [1.29, 1.82) is 4.78 Å². The van der Waals surface area contributed by atoms with Crippen molar-refractivity contribution >= 4 is 54.5 Å². The predicted octanol–water partition coefficient (Wildman–Crippen LogP) is 5.14. The molecule has 3 N–H and O–H groups in total. The highest BCUT2D eigenvalue weighted by molar-refractivity contribution is 9.10. The number of anilines is 2. The third kappa shape index (κ3) is 5.15. The first-order valence-electron chi connectivity index (χ1n) is 7.85. The molecule has 9 heteroatoms. The van der Waals surface area contributed by atoms with E-state index < -0.39 is 9.92 Å². The molecule has 1 aromatic carbocycles. The minimum absolute atomic E-state index is 0.244. The minimum atomic E-state index is -2.91. The van der Waals surface area contributed by atoms with Crippen molar-refractivity contribution in [3.8, 4) is 11.3 Å². The molecule has 0 bridgehead atoms. The molecule has 0 spiro atoms. The molecule has 0 aliphatic carbocycles. The normalized spacial score (nSPS) is 13.0. The van der Waals surface area contributed by atoms with Gasteiger partial charge in [0.2, 0.25) is 0 Å². The summed E-state index contributed by atoms with van der Waals surface area (Å²) in [6, 6.07) is 10.7. The van der Waals surface area contributed by atoms with E-state index in [1.807, 2.05) is 30.5 Å². The van der Waals surface area contributed by atoms with Gasteiger partial charge in [-0.05, 0) is 42.8 Å². The summed E-state index contributed by atoms with van der Waals surface area (Å²) in [7, 11) is -2.91. The van der Waals surface area contributed by atoms with Gasteiger partial charge in [-0.15, -0.1) is 11.3 Å². The monoisotopic (exact) mass is 464 g/mol. The van der Waals surface area contributed by atoms with E-state index in [1.54, 1.807) is 24.4 Å². The molecule has 0 radical (unpaired) electrons. The molecule has 0 aliphatic heterocycles. The van der Waals surface area contributed by atoms with Crippen molar-refractivity contribution in [2.45, 2.75) is 6.92 Å². The number of pyridine rings is 1. The number of nitrogens with zero attached hydrogens (tertiary/aromatic N) is 1. The first kappa shape index (κ1) is 19.5. The van der Waals surface area contributed by atoms with Crippen LogP contribution in [0.4, 0.5) is 11.4 Å². The summed E-state index contributed by atoms with van der Waals surface area (Å²) < 4.78 is 22.4. The van der Waals surface area contributed by atoms with Gasteiger partial charge in [0, 0.05) is 33.6 Å². The number of hydrogen-bond acceptors (Lipinski definition) is 5. The number of hydrogen-bond donors (Lipinski definition) is 3. The van der Waals surface area contributed by atoms with E-state index in [1.165, 1.54) is 17.6 Å². The van der Waals surface area contributed by atoms with Gasteiger partial charge in [-0.3, -0.25) is 14.5 Å². The van der Waals surface area contributed by atoms with Gasteiger partial charge in [-0.2, -0.15) is 0 Å². The van der Waals surface area contributed by atoms with Gasteiger partial charge in [0.1, 0.15) is 9.92 Å². The number of thiophene rings is 1. The van der Waals surface area contributed by atoms with Crippen LogP contribution in [-0.2, 0) is 9.92 Å². The summed E-state index contributed by atoms with van der Waals surface area (Å²) >= 11 is 4.70. The van der Waals surface area contributed by atoms with Crippen LogP contribution in [0.3, 0.4) is 0 Å². The van der Waals surface area contributed by atoms with Gasteiger partial charge in [0.15, 0.2) is 0 Å². The van der Waals surface area contributed by atoms with Crippen LogP contribution in [0, 0.1) is 11.7 Å². The minimum Gasteiger partial charge on any atom is -0.321 e. The third-order valence-electron chi connectivity index (χ3n) is 3.57. The van der Waals surface area contributed by atoms with Gasteiger partial charge in [0.05, 0.1) is 16.3 Å². The van der Waals surface area contributed by atoms with E-state index >= 15 is 0 Å². The maximum absolute atomic E-state index is 12.6. The Kier molecular flexibility index (Phi) is 5.64. The summed E-state index contributed by atoms with van der Waals surface area (Å²) in [5, 5.41) is 4.74. The second kappa shape index (κ2) is 7.79. The van der Waals surface area contributed by atoms with Crippen molar-refractivity contribution < 1.29 is 9.00 Å². The Balaban J connectivity index is 1.81. The lowest BCUT2D eigenvalue weighted by Gasteiger charge is -2.10. The fourth-order valence-electron chi connectivity index (χ4n) is 2.51. The van der Waals surface area contributed by atoms with Crippen LogP contribution >= 0.6 is 27.3 Å². The zero-order chi connectivity index (χ0) is 19.6. The molecule has 2 aromatic heterocycles. The summed E-state index contributed by atoms with van der Waals surface area (Å²) in [6.45, 7) is 1.98. The molecular weight excluding hydrogens is 448 g/mol. The first-order valence-corrected chi connectivity index (χ1v) is 11.5. The number of aromatic nitrogens is 1. The summed E-state index contributed by atoms with van der Waals surface area (Å²) in [4.78, 5) is 17.5. The maximum atomic E-state index is 12.6. The van der Waals surface area contributed by atoms with Crippen LogP contribution in [0.1, 0.15) is 15.2 Å². The van der Waals surface area contributed by atoms with Crippen LogP contribution in [0.2, 0.25) is 0 Å². The van der Waals surface area contributed by atoms with Gasteiger partial charge in [-0.1, -0.05) is 22.0 Å². The van der Waals surface area contributed by atoms with Crippen molar-refractivity contribution in [1.82, 2.24) is 4.98 Å². The largest absolute Gasteiger partial charge is 0.321 e. The highest BCUT2D eigenvalue weighted by atomic mass is 79.9. The number of carbonyl (C=O) groups is 1. The molecule has 6 nitrogen and oxygen atoms in total. The van der Waals surface area contributed by atoms with Crippen LogP contribution in [0.25, 0.3) is 11.3 Å². The van der Waals surface area contributed by atoms with Crippen LogP contribution in [-0.4, -0.2) is 21.4 Å². The molecule has 1 amide bonds. The topological polar surface area (TPSA) is 94.9 Å². The van der Waals surface area contributed by atoms with Crippen molar-refractivity contribution in [2.24, 2.45) is 0 Å². The molecule has 1 atom stereocenters. The lowest BCUT2D eigenvalue weighted by molar-refractivity contribution is 0.103. The molecule has 27 heavy (non-hydrogen) atoms. The van der Waals surface area contributed by atoms with E-state index in [0.29, 0.717) is 20.7 Å². The average Bonchev–Trinajstić information content (AvgIpc) is 3.03. The SMILES string of the molecule is Cc1cccnc1-c1csc(C(=O)Nc2cc(Br)cc(NS(C)(=N)=O)c2)c1. The summed E-state index contributed by atoms with van der Waals surface area (Å²) in [6.07, 6.45) is 3.02. The standard InChI is InChI=1S/C18H17BrN4O2S2/c1-11-4-3-5-21-17(11)12-6-16(26-10-12)18(24)22-14-7-13(19)8-15(9-14)23-27(2,20)25/h3-10H,1-2H3,(H,22,24)(H2,20,23,25). The third-order valence-corrected chi connectivity index (χ3v) is 5.59. The van der Waals surface area contributed by atoms with Gasteiger partial charge >= 0.3 is 0 Å². The Morgan fingerprint density at radius 2 is 2.00 bits per heavy atom. The van der Waals surface area contributed by atoms with E-state index in [2.05, 4.69) is 31.0 Å². The van der Waals surface area contributed by atoms with Gasteiger partial charge < -0.3 is 5.32 Å². The second-order valence-corrected chi connectivity index (χ2v) is 9.72. The Labute approximate surface area is 170 Å². The number of nitrogens with one attached hydrogen (secondary N) is 3. The van der Waals surface area contributed by atoms with Gasteiger partial charge in [0.25, 0.3) is 5.91 Å². The number of aryl methyl sites for hydroxylation is 1. The molecule has 0 aliphatic rings. The van der Waals surface area contributed by atoms with E-state index in [9.17, 15) is 9.00 Å². The average molecular weight is 465 g/mol. The molecular formula is C18H17BrN4O2S2. The van der Waals surface area contributed by atoms with Crippen LogP contribution < -0.4 is 10.0 Å². The Bertz CT molecular complexity index is 1110. The number of halogens is 1. The first-order chi connectivity index (χ1) is 12.7. The van der Waals surface area contributed by atoms with Crippen molar-refractivity contribution in [2.75, 3.05) is 16.3 Å². The van der Waals surface area contributed by atoms with Crippen molar-refractivity contribution in [3.63, 3.8) is 0 Å². The zero-order valence-electron chi connectivity index (χ0n) is 14.6. The second-order valence-electron chi connectivity index (χ2n) is 6.00. The van der Waals surface area contributed by atoms with Crippen LogP contribution in [0.15, 0.2) is 52.4 Å². The number of benzene rings is 1. The molecule has 2 heterocycles. The molecule has 0 saturated heterocycles. The van der Waals surface area contributed by atoms with Gasteiger partial charge in [-0.25, -0.2) is 8.99 Å². The molecule has 140 valence electrons. The highest BCUT2D eigenvalue weighted by Gasteiger charge is 2.13. The van der Waals surface area contributed by atoms with Crippen LogP contribution in [0.5, 0.6) is 0 Å². The fourth-order valence-corrected chi connectivity index (χ4v) is 4.35. The fraction of sp³-hybridized carbons (Fsp3) is 0.111. The van der Waals surface area contributed by atoms with E-state index in [0.717, 1.165) is 16.8 Å². The molecule has 0 fully saturated rings. The Hall–Kier alpha value is -2.23. The van der Waals surface area contributed by atoms with Crippen molar-refractivity contribution in [3.05, 3.63) is 62.9 Å². The molecule has 3 aromatic rings. The Morgan fingerprint density at radius 3 is 2.70 bits per heavy atom. The molecule has 0 saturated carbocycles. The number of amides is 1. The predicted molar refractivity (Wildman–Crippen MR) is 115 cm³/mol. The zero-order valence-corrected chi connectivity index (χ0v) is 17.8. The molecule has 1 unspecified atom stereocenters. The van der Waals surface area contributed by atoms with E-state index in [-0.39, 0.29) is 5.91 Å². The lowest BCUT2D eigenvalue weighted by atomic mass is 10.1. The molecule has 3 rings (SSSR count).